The highest BCUT2D eigenvalue weighted by atomic mass is 16.3. The molecule has 29 heavy (non-hydrogen) atoms. The number of aromatic amines is 1. The van der Waals surface area contributed by atoms with E-state index in [4.69, 9.17) is 4.42 Å². The molecule has 0 saturated heterocycles. The molecule has 0 aliphatic rings. The summed E-state index contributed by atoms with van der Waals surface area (Å²) in [6, 6.07) is 10.2. The summed E-state index contributed by atoms with van der Waals surface area (Å²) in [5.41, 5.74) is 1.80. The Morgan fingerprint density at radius 1 is 1.28 bits per heavy atom. The van der Waals surface area contributed by atoms with E-state index < -0.39 is 0 Å². The molecule has 0 aliphatic heterocycles. The number of anilines is 1. The van der Waals surface area contributed by atoms with Crippen LogP contribution in [0.25, 0.3) is 22.4 Å². The highest BCUT2D eigenvalue weighted by Gasteiger charge is 2.14. The van der Waals surface area contributed by atoms with E-state index in [0.717, 1.165) is 6.42 Å². The fraction of sp³-hybridized carbons (Fsp3) is 0.238. The number of aryl methyl sites for hydroxylation is 1. The smallest absolute Gasteiger partial charge is 0.276 e. The van der Waals surface area contributed by atoms with Crippen LogP contribution in [0.2, 0.25) is 0 Å². The van der Waals surface area contributed by atoms with E-state index in [2.05, 4.69) is 34.3 Å². The summed E-state index contributed by atoms with van der Waals surface area (Å²) in [6.45, 7) is 4.83. The van der Waals surface area contributed by atoms with Crippen LogP contribution in [0, 0.1) is 5.92 Å². The third kappa shape index (κ3) is 3.96. The summed E-state index contributed by atoms with van der Waals surface area (Å²) in [5.74, 6) is 0.695. The Morgan fingerprint density at radius 2 is 2.14 bits per heavy atom. The first-order valence-electron chi connectivity index (χ1n) is 9.41. The van der Waals surface area contributed by atoms with Crippen molar-refractivity contribution in [2.45, 2.75) is 26.8 Å². The number of benzene rings is 1. The van der Waals surface area contributed by atoms with Gasteiger partial charge in [0.25, 0.3) is 11.5 Å². The van der Waals surface area contributed by atoms with E-state index in [1.54, 1.807) is 53.6 Å². The van der Waals surface area contributed by atoms with Gasteiger partial charge in [0.15, 0.2) is 11.5 Å². The van der Waals surface area contributed by atoms with Crippen molar-refractivity contribution in [1.82, 2.24) is 19.7 Å². The number of furan rings is 1. The Morgan fingerprint density at radius 3 is 2.90 bits per heavy atom. The summed E-state index contributed by atoms with van der Waals surface area (Å²) in [7, 11) is 0. The van der Waals surface area contributed by atoms with Crippen molar-refractivity contribution in [2.75, 3.05) is 5.32 Å². The molecule has 0 fully saturated rings. The average molecular weight is 391 g/mol. The molecule has 2 N–H and O–H groups in total. The lowest BCUT2D eigenvalue weighted by molar-refractivity contribution is 0.102. The van der Waals surface area contributed by atoms with Crippen molar-refractivity contribution < 1.29 is 9.21 Å². The van der Waals surface area contributed by atoms with Gasteiger partial charge in [-0.2, -0.15) is 5.10 Å². The van der Waals surface area contributed by atoms with E-state index in [-0.39, 0.29) is 17.2 Å². The Hall–Kier alpha value is -3.68. The maximum absolute atomic E-state index is 12.8. The second-order valence-electron chi connectivity index (χ2n) is 7.26. The molecular weight excluding hydrogens is 370 g/mol. The molecule has 4 aromatic rings. The number of nitrogens with zero attached hydrogens (tertiary/aromatic N) is 3. The third-order valence-electron chi connectivity index (χ3n) is 4.63. The Bertz CT molecular complexity index is 1200. The largest absolute Gasteiger partial charge is 0.463 e. The zero-order chi connectivity index (χ0) is 20.4. The number of hydrogen-bond acceptors (Lipinski definition) is 5. The van der Waals surface area contributed by atoms with Crippen molar-refractivity contribution in [3.05, 3.63) is 65.0 Å². The third-order valence-corrected chi connectivity index (χ3v) is 4.63. The molecule has 0 aliphatic carbocycles. The number of amides is 1. The van der Waals surface area contributed by atoms with Gasteiger partial charge in [-0.05, 0) is 42.7 Å². The fourth-order valence-corrected chi connectivity index (χ4v) is 2.98. The molecule has 0 bridgehead atoms. The predicted octanol–water partition coefficient (Wildman–Crippen LogP) is 3.68. The number of carbonyl (C=O) groups excluding carboxylic acids is 1. The van der Waals surface area contributed by atoms with Crippen LogP contribution in [0.3, 0.4) is 0 Å². The van der Waals surface area contributed by atoms with Crippen LogP contribution >= 0.6 is 0 Å². The zero-order valence-corrected chi connectivity index (χ0v) is 16.2. The first-order valence-corrected chi connectivity index (χ1v) is 9.41. The van der Waals surface area contributed by atoms with Crippen LogP contribution in [0.4, 0.5) is 5.69 Å². The topological polar surface area (TPSA) is 106 Å². The number of hydrogen-bond donors (Lipinski definition) is 2. The zero-order valence-electron chi connectivity index (χ0n) is 16.2. The molecule has 148 valence electrons. The van der Waals surface area contributed by atoms with Gasteiger partial charge in [-0.1, -0.05) is 13.8 Å². The molecule has 0 spiro atoms. The highest BCUT2D eigenvalue weighted by Crippen LogP contribution is 2.19. The van der Waals surface area contributed by atoms with Gasteiger partial charge in [-0.15, -0.1) is 0 Å². The molecular formula is C21H21N5O3. The van der Waals surface area contributed by atoms with Gasteiger partial charge in [0.1, 0.15) is 5.69 Å². The molecule has 3 heterocycles. The maximum atomic E-state index is 12.8. The summed E-state index contributed by atoms with van der Waals surface area (Å²) in [5, 5.41) is 10.0. The van der Waals surface area contributed by atoms with Gasteiger partial charge < -0.3 is 9.73 Å². The summed E-state index contributed by atoms with van der Waals surface area (Å²) in [4.78, 5) is 29.7. The molecule has 8 heteroatoms. The van der Waals surface area contributed by atoms with E-state index in [9.17, 15) is 9.59 Å². The van der Waals surface area contributed by atoms with E-state index >= 15 is 0 Å². The minimum atomic E-state index is -0.387. The van der Waals surface area contributed by atoms with E-state index in [1.807, 2.05) is 0 Å². The quantitative estimate of drug-likeness (QED) is 0.521. The van der Waals surface area contributed by atoms with Gasteiger partial charge in [-0.3, -0.25) is 19.3 Å². The lowest BCUT2D eigenvalue weighted by atomic mass is 10.1. The molecule has 0 unspecified atom stereocenters. The summed E-state index contributed by atoms with van der Waals surface area (Å²) < 4.78 is 6.90. The number of carbonyl (C=O) groups is 1. The molecule has 8 nitrogen and oxygen atoms in total. The molecule has 1 amide bonds. The Kier molecular flexibility index (Phi) is 4.99. The second kappa shape index (κ2) is 7.75. The summed E-state index contributed by atoms with van der Waals surface area (Å²) >= 11 is 0. The normalized spacial score (nSPS) is 11.3. The van der Waals surface area contributed by atoms with Crippen LogP contribution in [0.1, 0.15) is 30.8 Å². The van der Waals surface area contributed by atoms with Gasteiger partial charge in [0.2, 0.25) is 0 Å². The molecule has 0 radical (unpaired) electrons. The number of nitrogens with one attached hydrogen (secondary N) is 2. The first kappa shape index (κ1) is 18.7. The fourth-order valence-electron chi connectivity index (χ4n) is 2.98. The minimum Gasteiger partial charge on any atom is -0.463 e. The van der Waals surface area contributed by atoms with E-state index in [1.165, 1.54) is 0 Å². The Balaban J connectivity index is 1.57. The molecule has 0 atom stereocenters. The Labute approximate surface area is 166 Å². The standard InChI is InChI=1S/C21H21N5O3/c1-13(2)7-8-26-12-22-16-6-5-14(10-15(16)21(26)28)23-20(27)18-11-17(24-25-18)19-4-3-9-29-19/h3-6,9-13H,7-8H2,1-2H3,(H,23,27)(H,24,25). The summed E-state index contributed by atoms with van der Waals surface area (Å²) in [6.07, 6.45) is 4.01. The molecule has 3 aromatic heterocycles. The lowest BCUT2D eigenvalue weighted by Crippen LogP contribution is -2.21. The van der Waals surface area contributed by atoms with Crippen molar-refractivity contribution in [1.29, 1.82) is 0 Å². The molecule has 0 saturated carbocycles. The van der Waals surface area contributed by atoms with Crippen LogP contribution in [-0.4, -0.2) is 25.7 Å². The van der Waals surface area contributed by atoms with Crippen LogP contribution in [0.5, 0.6) is 0 Å². The molecule has 4 rings (SSSR count). The lowest BCUT2D eigenvalue weighted by Gasteiger charge is -2.09. The maximum Gasteiger partial charge on any atom is 0.276 e. The minimum absolute atomic E-state index is 0.119. The number of H-pyrrole nitrogens is 1. The number of fused-ring (bicyclic) bond motifs is 1. The van der Waals surface area contributed by atoms with Crippen LogP contribution in [-0.2, 0) is 6.54 Å². The van der Waals surface area contributed by atoms with Gasteiger partial charge in [-0.25, -0.2) is 4.98 Å². The van der Waals surface area contributed by atoms with Crippen LogP contribution in [0.15, 0.2) is 58.2 Å². The average Bonchev–Trinajstić information content (AvgIpc) is 3.39. The van der Waals surface area contributed by atoms with Crippen molar-refractivity contribution >= 4 is 22.5 Å². The van der Waals surface area contributed by atoms with Crippen molar-refractivity contribution in [3.63, 3.8) is 0 Å². The first-order chi connectivity index (χ1) is 14.0. The number of rotatable bonds is 6. The SMILES string of the molecule is CC(C)CCn1cnc2ccc(NC(=O)c3cc(-c4ccco4)[nH]n3)cc2c1=O. The highest BCUT2D eigenvalue weighted by molar-refractivity contribution is 6.04. The molecule has 1 aromatic carbocycles. The van der Waals surface area contributed by atoms with Gasteiger partial charge >= 0.3 is 0 Å². The van der Waals surface area contributed by atoms with Crippen LogP contribution < -0.4 is 10.9 Å². The van der Waals surface area contributed by atoms with Crippen molar-refractivity contribution in [3.8, 4) is 11.5 Å². The van der Waals surface area contributed by atoms with Gasteiger partial charge in [0.05, 0.1) is 23.5 Å². The van der Waals surface area contributed by atoms with Crippen molar-refractivity contribution in [2.24, 2.45) is 5.92 Å². The second-order valence-corrected chi connectivity index (χ2v) is 7.26. The number of aromatic nitrogens is 4. The van der Waals surface area contributed by atoms with E-state index in [0.29, 0.717) is 40.5 Å². The monoisotopic (exact) mass is 391 g/mol. The van der Waals surface area contributed by atoms with Gasteiger partial charge in [0, 0.05) is 18.3 Å². The predicted molar refractivity (Wildman–Crippen MR) is 110 cm³/mol.